The highest BCUT2D eigenvalue weighted by atomic mass is 32.1. The zero-order valence-electron chi connectivity index (χ0n) is 17.8. The van der Waals surface area contributed by atoms with Crippen LogP contribution in [0.1, 0.15) is 90.1 Å². The molecule has 2 atom stereocenters. The number of benzene rings is 1. The number of aryl methyl sites for hydroxylation is 1. The van der Waals surface area contributed by atoms with E-state index in [-0.39, 0.29) is 0 Å². The lowest BCUT2D eigenvalue weighted by molar-refractivity contribution is 0.0702. The Morgan fingerprint density at radius 3 is 2.77 bits per heavy atom. The van der Waals surface area contributed by atoms with Gasteiger partial charge in [0, 0.05) is 16.1 Å². The first-order chi connectivity index (χ1) is 14.5. The van der Waals surface area contributed by atoms with Crippen LogP contribution in [0.15, 0.2) is 36.4 Å². The molecule has 1 aromatic carbocycles. The molecule has 3 rings (SSSR count). The normalized spacial score (nSPS) is 17.1. The fourth-order valence-corrected chi connectivity index (χ4v) is 5.25. The van der Waals surface area contributed by atoms with Crippen molar-refractivity contribution >= 4 is 28.6 Å². The van der Waals surface area contributed by atoms with Gasteiger partial charge in [-0.15, -0.1) is 11.3 Å². The molecule has 0 saturated carbocycles. The predicted molar refractivity (Wildman–Crippen MR) is 125 cm³/mol. The molecule has 0 aliphatic heterocycles. The molecule has 0 bridgehead atoms. The lowest BCUT2D eigenvalue weighted by atomic mass is 9.89. The summed E-state index contributed by atoms with van der Waals surface area (Å²) in [5.41, 5.74) is 10.4. The highest BCUT2D eigenvalue weighted by Gasteiger charge is 2.22. The van der Waals surface area contributed by atoms with Gasteiger partial charge in [0.15, 0.2) is 0 Å². The molecule has 1 aliphatic carbocycles. The van der Waals surface area contributed by atoms with Crippen LogP contribution < -0.4 is 5.73 Å². The third kappa shape index (κ3) is 5.73. The predicted octanol–water partition coefficient (Wildman–Crippen LogP) is 6.46. The topological polar surface area (TPSA) is 83.5 Å². The van der Waals surface area contributed by atoms with Crippen molar-refractivity contribution in [2.75, 3.05) is 5.73 Å². The van der Waals surface area contributed by atoms with Crippen LogP contribution in [0.2, 0.25) is 0 Å². The smallest absolute Gasteiger partial charge is 0.345 e. The third-order valence-electron chi connectivity index (χ3n) is 6.03. The van der Waals surface area contributed by atoms with E-state index >= 15 is 0 Å². The van der Waals surface area contributed by atoms with E-state index in [0.29, 0.717) is 16.5 Å². The molecular weight excluding hydrogens is 394 g/mol. The van der Waals surface area contributed by atoms with Gasteiger partial charge in [-0.05, 0) is 73.8 Å². The summed E-state index contributed by atoms with van der Waals surface area (Å²) >= 11 is 1.38. The summed E-state index contributed by atoms with van der Waals surface area (Å²) in [6.07, 6.45) is 11.2. The van der Waals surface area contributed by atoms with Crippen LogP contribution in [-0.4, -0.2) is 16.2 Å². The van der Waals surface area contributed by atoms with Gasteiger partial charge in [-0.3, -0.25) is 0 Å². The SMILES string of the molecule is CCCCCC(O)c1ccc(C2=CCC[C@@H]2CCCc2ccc(C(=O)O)s2)cc1N. The van der Waals surface area contributed by atoms with Gasteiger partial charge in [0.2, 0.25) is 0 Å². The van der Waals surface area contributed by atoms with Crippen molar-refractivity contribution in [2.24, 2.45) is 5.92 Å². The maximum Gasteiger partial charge on any atom is 0.345 e. The number of rotatable bonds is 11. The van der Waals surface area contributed by atoms with Gasteiger partial charge < -0.3 is 15.9 Å². The van der Waals surface area contributed by atoms with Crippen molar-refractivity contribution in [3.05, 3.63) is 57.3 Å². The van der Waals surface area contributed by atoms with Gasteiger partial charge in [-0.2, -0.15) is 0 Å². The number of allylic oxidation sites excluding steroid dienone is 2. The van der Waals surface area contributed by atoms with Gasteiger partial charge in [0.25, 0.3) is 0 Å². The number of aliphatic hydroxyl groups is 1. The number of nitrogen functional groups attached to an aromatic ring is 1. The quantitative estimate of drug-likeness (QED) is 0.284. The average molecular weight is 428 g/mol. The van der Waals surface area contributed by atoms with Gasteiger partial charge in [0.1, 0.15) is 4.88 Å². The van der Waals surface area contributed by atoms with E-state index in [2.05, 4.69) is 19.1 Å². The number of hydrogen-bond acceptors (Lipinski definition) is 4. The van der Waals surface area contributed by atoms with Gasteiger partial charge in [0.05, 0.1) is 6.10 Å². The fourth-order valence-electron chi connectivity index (χ4n) is 4.37. The van der Waals surface area contributed by atoms with Crippen LogP contribution in [-0.2, 0) is 6.42 Å². The summed E-state index contributed by atoms with van der Waals surface area (Å²) in [5.74, 6) is -0.326. The summed E-state index contributed by atoms with van der Waals surface area (Å²) in [6, 6.07) is 9.77. The van der Waals surface area contributed by atoms with E-state index in [1.807, 2.05) is 18.2 Å². The van der Waals surface area contributed by atoms with E-state index < -0.39 is 12.1 Å². The van der Waals surface area contributed by atoms with Gasteiger partial charge in [-0.25, -0.2) is 4.79 Å². The summed E-state index contributed by atoms with van der Waals surface area (Å²) in [7, 11) is 0. The Hall–Kier alpha value is -2.11. The molecule has 0 radical (unpaired) electrons. The number of carbonyl (C=O) groups is 1. The van der Waals surface area contributed by atoms with Crippen molar-refractivity contribution in [3.63, 3.8) is 0 Å². The Balaban J connectivity index is 1.58. The summed E-state index contributed by atoms with van der Waals surface area (Å²) < 4.78 is 0. The second kappa shape index (κ2) is 10.8. The van der Waals surface area contributed by atoms with Crippen molar-refractivity contribution in [2.45, 2.75) is 70.8 Å². The van der Waals surface area contributed by atoms with Crippen LogP contribution in [0.5, 0.6) is 0 Å². The Morgan fingerprint density at radius 1 is 1.23 bits per heavy atom. The van der Waals surface area contributed by atoms with Crippen LogP contribution in [0.3, 0.4) is 0 Å². The maximum atomic E-state index is 11.0. The Kier molecular flexibility index (Phi) is 8.11. The highest BCUT2D eigenvalue weighted by molar-refractivity contribution is 7.13. The standard InChI is InChI=1S/C25H33NO3S/c1-2-3-4-11-23(27)21-14-12-18(16-22(21)26)20-10-6-8-17(20)7-5-9-19-13-15-24(30-19)25(28)29/h10,12-17,23,27H,2-9,11,26H2,1H3,(H,28,29)/t17-,23?/m0/s1. The first-order valence-electron chi connectivity index (χ1n) is 11.1. The average Bonchev–Trinajstić information content (AvgIpc) is 3.38. The van der Waals surface area contributed by atoms with Gasteiger partial charge >= 0.3 is 5.97 Å². The van der Waals surface area contributed by atoms with Crippen molar-refractivity contribution in [1.29, 1.82) is 0 Å². The third-order valence-corrected chi connectivity index (χ3v) is 7.16. The van der Waals surface area contributed by atoms with Crippen molar-refractivity contribution in [3.8, 4) is 0 Å². The monoisotopic (exact) mass is 427 g/mol. The summed E-state index contributed by atoms with van der Waals surface area (Å²) in [6.45, 7) is 2.16. The minimum Gasteiger partial charge on any atom is -0.477 e. The lowest BCUT2D eigenvalue weighted by Crippen LogP contribution is -2.05. The van der Waals surface area contributed by atoms with E-state index in [9.17, 15) is 9.90 Å². The molecule has 0 saturated heterocycles. The molecular formula is C25H33NO3S. The summed E-state index contributed by atoms with van der Waals surface area (Å²) in [4.78, 5) is 12.6. The molecule has 0 fully saturated rings. The van der Waals surface area contributed by atoms with E-state index in [1.165, 1.54) is 22.5 Å². The van der Waals surface area contributed by atoms with E-state index in [0.717, 1.165) is 68.2 Å². The number of hydrogen-bond donors (Lipinski definition) is 3. The largest absolute Gasteiger partial charge is 0.477 e. The summed E-state index contributed by atoms with van der Waals surface area (Å²) in [5, 5.41) is 19.5. The highest BCUT2D eigenvalue weighted by Crippen LogP contribution is 2.39. The number of nitrogens with two attached hydrogens (primary N) is 1. The van der Waals surface area contributed by atoms with Crippen LogP contribution >= 0.6 is 11.3 Å². The van der Waals surface area contributed by atoms with Crippen LogP contribution in [0.4, 0.5) is 5.69 Å². The Labute approximate surface area is 183 Å². The molecule has 4 N–H and O–H groups in total. The number of anilines is 1. The minimum atomic E-state index is -0.844. The molecule has 1 aliphatic rings. The number of thiophene rings is 1. The Bertz CT molecular complexity index is 886. The number of carboxylic acid groups (broad SMARTS) is 1. The zero-order valence-corrected chi connectivity index (χ0v) is 18.6. The van der Waals surface area contributed by atoms with Crippen molar-refractivity contribution in [1.82, 2.24) is 0 Å². The number of aromatic carboxylic acids is 1. The second-order valence-corrected chi connectivity index (χ2v) is 9.42. The van der Waals surface area contributed by atoms with Crippen molar-refractivity contribution < 1.29 is 15.0 Å². The first-order valence-corrected chi connectivity index (χ1v) is 11.9. The maximum absolute atomic E-state index is 11.0. The lowest BCUT2D eigenvalue weighted by Gasteiger charge is -2.18. The molecule has 0 spiro atoms. The molecule has 1 heterocycles. The zero-order chi connectivity index (χ0) is 21.5. The molecule has 0 amide bonds. The van der Waals surface area contributed by atoms with Crippen LogP contribution in [0, 0.1) is 5.92 Å². The molecule has 1 unspecified atom stereocenters. The first kappa shape index (κ1) is 22.6. The molecule has 4 nitrogen and oxygen atoms in total. The minimum absolute atomic E-state index is 0.416. The fraction of sp³-hybridized carbons (Fsp3) is 0.480. The van der Waals surface area contributed by atoms with E-state index in [4.69, 9.17) is 10.8 Å². The Morgan fingerprint density at radius 2 is 2.07 bits per heavy atom. The van der Waals surface area contributed by atoms with Gasteiger partial charge in [-0.1, -0.05) is 44.4 Å². The molecule has 162 valence electrons. The number of unbranched alkanes of at least 4 members (excludes halogenated alkanes) is 2. The molecule has 2 aromatic rings. The molecule has 30 heavy (non-hydrogen) atoms. The number of carboxylic acids is 1. The second-order valence-electron chi connectivity index (χ2n) is 8.25. The number of aliphatic hydroxyl groups excluding tert-OH is 1. The molecule has 1 aromatic heterocycles. The van der Waals surface area contributed by atoms with E-state index in [1.54, 1.807) is 6.07 Å². The van der Waals surface area contributed by atoms with Crippen LogP contribution in [0.25, 0.3) is 5.57 Å². The molecule has 5 heteroatoms.